The molecule has 0 saturated carbocycles. The summed E-state index contributed by atoms with van der Waals surface area (Å²) in [5.74, 6) is -0.208. The van der Waals surface area contributed by atoms with Crippen molar-refractivity contribution < 1.29 is 14.6 Å². The Hall–Kier alpha value is -0.160. The van der Waals surface area contributed by atoms with Gasteiger partial charge in [-0.1, -0.05) is 40.5 Å². The van der Waals surface area contributed by atoms with Crippen LogP contribution in [0.5, 0.6) is 0 Å². The molecule has 0 aromatic heterocycles. The molecule has 0 radical (unpaired) electrons. The summed E-state index contributed by atoms with van der Waals surface area (Å²) >= 11 is 0. The molecule has 148 valence electrons. The summed E-state index contributed by atoms with van der Waals surface area (Å²) in [6.07, 6.45) is 7.34. The maximum Gasteiger partial charge on any atom is 0.174 e. The molecule has 2 saturated heterocycles. The van der Waals surface area contributed by atoms with Gasteiger partial charge < -0.3 is 19.9 Å². The second-order valence-electron chi connectivity index (χ2n) is 9.14. The van der Waals surface area contributed by atoms with Crippen LogP contribution in [0.1, 0.15) is 86.5 Å². The van der Waals surface area contributed by atoms with Crippen molar-refractivity contribution in [3.8, 4) is 0 Å². The fourth-order valence-corrected chi connectivity index (χ4v) is 5.54. The van der Waals surface area contributed by atoms with Crippen LogP contribution in [-0.2, 0) is 9.47 Å². The second kappa shape index (κ2) is 7.84. The Bertz CT molecular complexity index is 427. The van der Waals surface area contributed by atoms with Crippen LogP contribution in [0, 0.1) is 11.3 Å². The van der Waals surface area contributed by atoms with Gasteiger partial charge in [-0.05, 0) is 39.5 Å². The maximum absolute atomic E-state index is 9.85. The van der Waals surface area contributed by atoms with Crippen LogP contribution in [0.15, 0.2) is 0 Å². The third-order valence-electron chi connectivity index (χ3n) is 6.83. The number of ether oxygens (including phenoxy) is 2. The van der Waals surface area contributed by atoms with E-state index >= 15 is 0 Å². The van der Waals surface area contributed by atoms with Crippen LogP contribution < -0.4 is 5.32 Å². The summed E-state index contributed by atoms with van der Waals surface area (Å²) in [5, 5.41) is 13.9. The van der Waals surface area contributed by atoms with Crippen LogP contribution in [-0.4, -0.2) is 41.8 Å². The SMILES string of the molecule is CCCC1(C)CC2(OCC(CC)(CO)CO2)C(CC)C(C)(CCC)N1. The molecule has 0 aromatic rings. The number of aliphatic hydroxyl groups excluding tert-OH is 1. The summed E-state index contributed by atoms with van der Waals surface area (Å²) in [7, 11) is 0. The van der Waals surface area contributed by atoms with Crippen molar-refractivity contribution in [1.82, 2.24) is 5.32 Å². The molecular formula is C21H41NO3. The molecule has 2 fully saturated rings. The molecule has 2 N–H and O–H groups in total. The summed E-state index contributed by atoms with van der Waals surface area (Å²) in [5.41, 5.74) is -0.205. The molecule has 0 aliphatic carbocycles. The molecule has 4 heteroatoms. The van der Waals surface area contributed by atoms with Gasteiger partial charge in [0, 0.05) is 28.8 Å². The lowest BCUT2D eigenvalue weighted by Gasteiger charge is -2.61. The monoisotopic (exact) mass is 355 g/mol. The molecule has 0 aromatic carbocycles. The molecule has 3 unspecified atom stereocenters. The highest BCUT2D eigenvalue weighted by molar-refractivity contribution is 5.10. The van der Waals surface area contributed by atoms with E-state index in [0.717, 1.165) is 44.9 Å². The van der Waals surface area contributed by atoms with E-state index in [9.17, 15) is 5.11 Å². The molecule has 2 aliphatic rings. The van der Waals surface area contributed by atoms with E-state index in [4.69, 9.17) is 9.47 Å². The van der Waals surface area contributed by atoms with Gasteiger partial charge in [0.25, 0.3) is 0 Å². The summed E-state index contributed by atoms with van der Waals surface area (Å²) in [4.78, 5) is 0. The van der Waals surface area contributed by atoms with Crippen LogP contribution in [0.25, 0.3) is 0 Å². The van der Waals surface area contributed by atoms with E-state index in [1.165, 1.54) is 0 Å². The van der Waals surface area contributed by atoms with Gasteiger partial charge in [0.1, 0.15) is 0 Å². The number of hydrogen-bond donors (Lipinski definition) is 2. The first-order valence-electron chi connectivity index (χ1n) is 10.4. The first-order valence-corrected chi connectivity index (χ1v) is 10.4. The molecule has 25 heavy (non-hydrogen) atoms. The van der Waals surface area contributed by atoms with Crippen LogP contribution in [0.4, 0.5) is 0 Å². The lowest BCUT2D eigenvalue weighted by Crippen LogP contribution is -2.73. The number of piperidine rings is 1. The zero-order chi connectivity index (χ0) is 18.8. The van der Waals surface area contributed by atoms with Gasteiger partial charge in [0.05, 0.1) is 19.8 Å². The second-order valence-corrected chi connectivity index (χ2v) is 9.14. The predicted octanol–water partition coefficient (Wildman–Crippen LogP) is 4.26. The van der Waals surface area contributed by atoms with E-state index in [1.807, 2.05) is 0 Å². The quantitative estimate of drug-likeness (QED) is 0.716. The minimum absolute atomic E-state index is 0.0110. The molecular weight excluding hydrogens is 314 g/mol. The number of aliphatic hydroxyl groups is 1. The van der Waals surface area contributed by atoms with E-state index in [1.54, 1.807) is 0 Å². The highest BCUT2D eigenvalue weighted by Crippen LogP contribution is 2.51. The van der Waals surface area contributed by atoms with Gasteiger partial charge >= 0.3 is 0 Å². The number of rotatable bonds is 7. The maximum atomic E-state index is 9.85. The van der Waals surface area contributed by atoms with E-state index in [0.29, 0.717) is 19.1 Å². The van der Waals surface area contributed by atoms with Crippen molar-refractivity contribution in [1.29, 1.82) is 0 Å². The highest BCUT2D eigenvalue weighted by atomic mass is 16.7. The van der Waals surface area contributed by atoms with Gasteiger partial charge in [0.15, 0.2) is 5.79 Å². The highest BCUT2D eigenvalue weighted by Gasteiger charge is 2.60. The molecule has 2 heterocycles. The van der Waals surface area contributed by atoms with E-state index < -0.39 is 5.79 Å². The largest absolute Gasteiger partial charge is 0.396 e. The minimum Gasteiger partial charge on any atom is -0.396 e. The Morgan fingerprint density at radius 1 is 1.00 bits per heavy atom. The standard InChI is InChI=1S/C21H41NO3/c1-7-11-18(5)13-21(17(9-3)19(6,22-18)12-8-2)24-15-20(10-4,14-23)16-25-21/h17,22-23H,7-16H2,1-6H3. The zero-order valence-corrected chi connectivity index (χ0v) is 17.4. The summed E-state index contributed by atoms with van der Waals surface area (Å²) in [6.45, 7) is 14.9. The molecule has 0 bridgehead atoms. The molecule has 0 amide bonds. The Labute approximate surface area is 155 Å². The Kier molecular flexibility index (Phi) is 6.63. The Morgan fingerprint density at radius 2 is 1.60 bits per heavy atom. The lowest BCUT2D eigenvalue weighted by atomic mass is 9.65. The first kappa shape index (κ1) is 21.1. The number of nitrogens with one attached hydrogen (secondary N) is 1. The van der Waals surface area contributed by atoms with E-state index in [2.05, 4.69) is 46.9 Å². The summed E-state index contributed by atoms with van der Waals surface area (Å²) in [6, 6.07) is 0. The fraction of sp³-hybridized carbons (Fsp3) is 1.00. The zero-order valence-electron chi connectivity index (χ0n) is 17.4. The molecule has 2 aliphatic heterocycles. The van der Waals surface area contributed by atoms with Crippen molar-refractivity contribution in [3.05, 3.63) is 0 Å². The first-order chi connectivity index (χ1) is 11.8. The van der Waals surface area contributed by atoms with Crippen molar-refractivity contribution in [2.75, 3.05) is 19.8 Å². The predicted molar refractivity (Wildman–Crippen MR) is 103 cm³/mol. The molecule has 2 rings (SSSR count). The van der Waals surface area contributed by atoms with Crippen LogP contribution in [0.3, 0.4) is 0 Å². The normalized spacial score (nSPS) is 45.0. The van der Waals surface area contributed by atoms with Crippen LogP contribution >= 0.6 is 0 Å². The molecule has 4 nitrogen and oxygen atoms in total. The Morgan fingerprint density at radius 3 is 2.04 bits per heavy atom. The smallest absolute Gasteiger partial charge is 0.174 e. The van der Waals surface area contributed by atoms with Crippen molar-refractivity contribution >= 4 is 0 Å². The average molecular weight is 356 g/mol. The van der Waals surface area contributed by atoms with Crippen molar-refractivity contribution in [3.63, 3.8) is 0 Å². The van der Waals surface area contributed by atoms with E-state index in [-0.39, 0.29) is 23.1 Å². The van der Waals surface area contributed by atoms with Crippen molar-refractivity contribution in [2.24, 2.45) is 11.3 Å². The summed E-state index contributed by atoms with van der Waals surface area (Å²) < 4.78 is 13.1. The van der Waals surface area contributed by atoms with Gasteiger partial charge in [0.2, 0.25) is 0 Å². The number of hydrogen-bond acceptors (Lipinski definition) is 4. The minimum atomic E-state index is -0.526. The van der Waals surface area contributed by atoms with Gasteiger partial charge in [-0.3, -0.25) is 0 Å². The Balaban J connectivity index is 2.36. The van der Waals surface area contributed by atoms with Gasteiger partial charge in [-0.2, -0.15) is 0 Å². The van der Waals surface area contributed by atoms with Crippen LogP contribution in [0.2, 0.25) is 0 Å². The lowest BCUT2D eigenvalue weighted by molar-refractivity contribution is -0.358. The molecule has 3 atom stereocenters. The fourth-order valence-electron chi connectivity index (χ4n) is 5.54. The third-order valence-corrected chi connectivity index (χ3v) is 6.83. The topological polar surface area (TPSA) is 50.7 Å². The average Bonchev–Trinajstić information content (AvgIpc) is 2.56. The van der Waals surface area contributed by atoms with Gasteiger partial charge in [-0.15, -0.1) is 0 Å². The van der Waals surface area contributed by atoms with Crippen molar-refractivity contribution in [2.45, 2.75) is 103 Å². The third kappa shape index (κ3) is 3.92. The van der Waals surface area contributed by atoms with Gasteiger partial charge in [-0.25, -0.2) is 0 Å². The molecule has 1 spiro atoms.